The maximum Gasteiger partial charge on any atom is 0.263 e. The zero-order valence-corrected chi connectivity index (χ0v) is 13.3. The van der Waals surface area contributed by atoms with Gasteiger partial charge in [-0.25, -0.2) is 9.97 Å². The molecule has 1 amide bonds. The van der Waals surface area contributed by atoms with Crippen molar-refractivity contribution in [3.05, 3.63) is 35.3 Å². The van der Waals surface area contributed by atoms with Gasteiger partial charge >= 0.3 is 0 Å². The van der Waals surface area contributed by atoms with E-state index in [2.05, 4.69) is 20.6 Å². The highest BCUT2D eigenvalue weighted by atomic mass is 32.1. The van der Waals surface area contributed by atoms with E-state index in [1.54, 1.807) is 6.20 Å². The molecule has 0 atom stereocenters. The Morgan fingerprint density at radius 2 is 2.18 bits per heavy atom. The molecule has 0 radical (unpaired) electrons. The number of anilines is 2. The van der Waals surface area contributed by atoms with Crippen molar-refractivity contribution >= 4 is 39.4 Å². The molecule has 114 valence electrons. The number of para-hydroxylation sites is 2. The lowest BCUT2D eigenvalue weighted by molar-refractivity contribution is 0.0957. The molecule has 0 bridgehead atoms. The minimum Gasteiger partial charge on any atom is -0.351 e. The third kappa shape index (κ3) is 2.80. The summed E-state index contributed by atoms with van der Waals surface area (Å²) in [6, 6.07) is 7.91. The molecular weight excluding hydrogens is 298 g/mol. The number of aromatic nitrogens is 3. The van der Waals surface area contributed by atoms with Crippen molar-refractivity contribution in [3.8, 4) is 0 Å². The van der Waals surface area contributed by atoms with Gasteiger partial charge in [-0.1, -0.05) is 30.4 Å². The number of fused-ring (bicyclic) bond motifs is 1. The standard InChI is InChI=1S/C15H17N5OS/c1-3-8-16-13(21)12-9-17-15(22-12)19-14-18-10-6-4-5-7-11(10)20(14)2/h4-7,9H,3,8H2,1-2H3,(H,16,21)(H,17,18,19). The summed E-state index contributed by atoms with van der Waals surface area (Å²) in [5, 5.41) is 6.67. The molecule has 0 spiro atoms. The van der Waals surface area contributed by atoms with Crippen molar-refractivity contribution in [2.75, 3.05) is 11.9 Å². The number of carbonyl (C=O) groups excluding carboxylic acids is 1. The summed E-state index contributed by atoms with van der Waals surface area (Å²) < 4.78 is 1.97. The van der Waals surface area contributed by atoms with Gasteiger partial charge in [0.2, 0.25) is 5.95 Å². The van der Waals surface area contributed by atoms with Crippen LogP contribution in [0.3, 0.4) is 0 Å². The number of hydrogen-bond donors (Lipinski definition) is 2. The summed E-state index contributed by atoms with van der Waals surface area (Å²) >= 11 is 1.32. The van der Waals surface area contributed by atoms with Crippen LogP contribution in [0.4, 0.5) is 11.1 Å². The number of hydrogen-bond acceptors (Lipinski definition) is 5. The van der Waals surface area contributed by atoms with Crippen molar-refractivity contribution in [1.82, 2.24) is 19.9 Å². The van der Waals surface area contributed by atoms with E-state index in [0.717, 1.165) is 17.5 Å². The minimum atomic E-state index is -0.0857. The first-order chi connectivity index (χ1) is 10.7. The van der Waals surface area contributed by atoms with Crippen molar-refractivity contribution in [3.63, 3.8) is 0 Å². The quantitative estimate of drug-likeness (QED) is 0.759. The van der Waals surface area contributed by atoms with Crippen LogP contribution in [0.1, 0.15) is 23.0 Å². The maximum atomic E-state index is 11.9. The van der Waals surface area contributed by atoms with E-state index in [1.165, 1.54) is 11.3 Å². The Hall–Kier alpha value is -2.41. The lowest BCUT2D eigenvalue weighted by atomic mass is 10.3. The SMILES string of the molecule is CCCNC(=O)c1cnc(Nc2nc3ccccc3n2C)s1. The average molecular weight is 315 g/mol. The molecule has 2 aromatic heterocycles. The minimum absolute atomic E-state index is 0.0857. The van der Waals surface area contributed by atoms with Crippen LogP contribution in [0, 0.1) is 0 Å². The molecule has 0 aliphatic carbocycles. The molecule has 0 aliphatic rings. The average Bonchev–Trinajstić information content (AvgIpc) is 3.11. The molecule has 3 rings (SSSR count). The molecule has 0 fully saturated rings. The first-order valence-corrected chi connectivity index (χ1v) is 7.93. The molecule has 2 heterocycles. The van der Waals surface area contributed by atoms with Gasteiger partial charge in [0.15, 0.2) is 5.13 Å². The zero-order chi connectivity index (χ0) is 15.5. The van der Waals surface area contributed by atoms with E-state index in [0.29, 0.717) is 22.5 Å². The predicted molar refractivity (Wildman–Crippen MR) is 88.7 cm³/mol. The third-order valence-electron chi connectivity index (χ3n) is 3.27. The number of benzene rings is 1. The molecular formula is C15H17N5OS. The molecule has 22 heavy (non-hydrogen) atoms. The molecule has 0 saturated carbocycles. The predicted octanol–water partition coefficient (Wildman–Crippen LogP) is 2.91. The van der Waals surface area contributed by atoms with E-state index in [4.69, 9.17) is 0 Å². The van der Waals surface area contributed by atoms with Crippen LogP contribution in [0.15, 0.2) is 30.5 Å². The van der Waals surface area contributed by atoms with Crippen LogP contribution in [-0.4, -0.2) is 27.0 Å². The van der Waals surface area contributed by atoms with Gasteiger partial charge < -0.3 is 15.2 Å². The molecule has 0 aliphatic heterocycles. The van der Waals surface area contributed by atoms with Crippen molar-refractivity contribution in [1.29, 1.82) is 0 Å². The lowest BCUT2D eigenvalue weighted by Gasteiger charge is -2.02. The number of thiazole rings is 1. The number of aryl methyl sites for hydroxylation is 1. The normalized spacial score (nSPS) is 10.8. The molecule has 0 unspecified atom stereocenters. The van der Waals surface area contributed by atoms with E-state index in [-0.39, 0.29) is 5.91 Å². The van der Waals surface area contributed by atoms with E-state index in [9.17, 15) is 4.79 Å². The second-order valence-corrected chi connectivity index (χ2v) is 5.92. The summed E-state index contributed by atoms with van der Waals surface area (Å²) in [4.78, 5) is 21.3. The highest BCUT2D eigenvalue weighted by Gasteiger charge is 2.12. The van der Waals surface area contributed by atoms with Crippen LogP contribution in [0.25, 0.3) is 11.0 Å². The molecule has 1 aromatic carbocycles. The third-order valence-corrected chi connectivity index (χ3v) is 4.18. The number of carbonyl (C=O) groups is 1. The Morgan fingerprint density at radius 3 is 2.95 bits per heavy atom. The highest BCUT2D eigenvalue weighted by molar-refractivity contribution is 7.17. The smallest absolute Gasteiger partial charge is 0.263 e. The molecule has 0 saturated heterocycles. The number of imidazole rings is 1. The summed E-state index contributed by atoms with van der Waals surface area (Å²) in [6.45, 7) is 2.69. The molecule has 2 N–H and O–H groups in total. The van der Waals surface area contributed by atoms with Crippen molar-refractivity contribution < 1.29 is 4.79 Å². The first-order valence-electron chi connectivity index (χ1n) is 7.11. The first kappa shape index (κ1) is 14.5. The highest BCUT2D eigenvalue weighted by Crippen LogP contribution is 2.24. The largest absolute Gasteiger partial charge is 0.351 e. The number of nitrogens with zero attached hydrogens (tertiary/aromatic N) is 3. The van der Waals surface area contributed by atoms with E-state index >= 15 is 0 Å². The Labute approximate surface area is 132 Å². The van der Waals surface area contributed by atoms with Gasteiger partial charge in [-0.3, -0.25) is 4.79 Å². The number of amides is 1. The molecule has 7 heteroatoms. The van der Waals surface area contributed by atoms with E-state index in [1.807, 2.05) is 42.8 Å². The van der Waals surface area contributed by atoms with Crippen LogP contribution in [-0.2, 0) is 7.05 Å². The fourth-order valence-corrected chi connectivity index (χ4v) is 2.84. The summed E-state index contributed by atoms with van der Waals surface area (Å²) in [6.07, 6.45) is 2.50. The Balaban J connectivity index is 1.79. The summed E-state index contributed by atoms with van der Waals surface area (Å²) in [5.74, 6) is 0.619. The van der Waals surface area contributed by atoms with Crippen LogP contribution >= 0.6 is 11.3 Å². The summed E-state index contributed by atoms with van der Waals surface area (Å²) in [7, 11) is 1.94. The maximum absolute atomic E-state index is 11.9. The number of rotatable bonds is 5. The molecule has 6 nitrogen and oxygen atoms in total. The van der Waals surface area contributed by atoms with Crippen LogP contribution in [0.2, 0.25) is 0 Å². The molecule has 3 aromatic rings. The van der Waals surface area contributed by atoms with Crippen molar-refractivity contribution in [2.24, 2.45) is 7.05 Å². The van der Waals surface area contributed by atoms with Gasteiger partial charge in [-0.15, -0.1) is 0 Å². The second kappa shape index (κ2) is 6.15. The van der Waals surface area contributed by atoms with Gasteiger partial charge in [-0.2, -0.15) is 0 Å². The topological polar surface area (TPSA) is 71.8 Å². The van der Waals surface area contributed by atoms with Crippen LogP contribution < -0.4 is 10.6 Å². The Morgan fingerprint density at radius 1 is 1.36 bits per heavy atom. The monoisotopic (exact) mass is 315 g/mol. The van der Waals surface area contributed by atoms with Gasteiger partial charge in [0.1, 0.15) is 4.88 Å². The van der Waals surface area contributed by atoms with Crippen molar-refractivity contribution in [2.45, 2.75) is 13.3 Å². The lowest BCUT2D eigenvalue weighted by Crippen LogP contribution is -2.22. The van der Waals surface area contributed by atoms with Gasteiger partial charge in [-0.05, 0) is 18.6 Å². The fourth-order valence-electron chi connectivity index (χ4n) is 2.12. The van der Waals surface area contributed by atoms with Gasteiger partial charge in [0.05, 0.1) is 17.2 Å². The van der Waals surface area contributed by atoms with E-state index < -0.39 is 0 Å². The van der Waals surface area contributed by atoms with Gasteiger partial charge in [0.25, 0.3) is 5.91 Å². The zero-order valence-electron chi connectivity index (χ0n) is 12.5. The Kier molecular flexibility index (Phi) is 4.06. The number of nitrogens with one attached hydrogen (secondary N) is 2. The Bertz CT molecular complexity index is 807. The van der Waals surface area contributed by atoms with Crippen LogP contribution in [0.5, 0.6) is 0 Å². The summed E-state index contributed by atoms with van der Waals surface area (Å²) in [5.41, 5.74) is 1.97. The second-order valence-electron chi connectivity index (χ2n) is 4.89. The van der Waals surface area contributed by atoms with Gasteiger partial charge in [0, 0.05) is 13.6 Å². The fraction of sp³-hybridized carbons (Fsp3) is 0.267.